The molecule has 16 heavy (non-hydrogen) atoms. The van der Waals surface area contributed by atoms with E-state index in [-0.39, 0.29) is 17.4 Å². The van der Waals surface area contributed by atoms with Gasteiger partial charge in [-0.3, -0.25) is 9.59 Å². The summed E-state index contributed by atoms with van der Waals surface area (Å²) in [6, 6.07) is 1.15. The minimum Gasteiger partial charge on any atom is -0.503 e. The predicted octanol–water partition coefficient (Wildman–Crippen LogP) is 0.707. The van der Waals surface area contributed by atoms with E-state index in [4.69, 9.17) is 5.11 Å². The third-order valence-corrected chi connectivity index (χ3v) is 2.77. The van der Waals surface area contributed by atoms with Gasteiger partial charge in [0.1, 0.15) is 5.69 Å². The summed E-state index contributed by atoms with van der Waals surface area (Å²) in [5, 5.41) is 9.07. The van der Waals surface area contributed by atoms with E-state index >= 15 is 0 Å². The van der Waals surface area contributed by atoms with Crippen LogP contribution in [-0.4, -0.2) is 34.0 Å². The Morgan fingerprint density at radius 2 is 2.00 bits per heavy atom. The molecule has 5 nitrogen and oxygen atoms in total. The highest BCUT2D eigenvalue weighted by atomic mass is 16.3. The molecular formula is C11H14N2O3. The molecule has 0 atom stereocenters. The molecule has 1 saturated heterocycles. The first-order chi connectivity index (χ1) is 7.68. The van der Waals surface area contributed by atoms with Crippen molar-refractivity contribution in [1.29, 1.82) is 0 Å². The minimum absolute atomic E-state index is 0.170. The van der Waals surface area contributed by atoms with Crippen molar-refractivity contribution in [3.05, 3.63) is 28.2 Å². The molecule has 1 aliphatic heterocycles. The Morgan fingerprint density at radius 3 is 2.62 bits per heavy atom. The number of H-pyrrole nitrogens is 1. The molecule has 2 rings (SSSR count). The average Bonchev–Trinajstić information content (AvgIpc) is 2.33. The van der Waals surface area contributed by atoms with Crippen molar-refractivity contribution in [2.45, 2.75) is 19.3 Å². The van der Waals surface area contributed by atoms with Crippen LogP contribution in [0.15, 0.2) is 17.1 Å². The van der Waals surface area contributed by atoms with Crippen molar-refractivity contribution in [3.8, 4) is 5.75 Å². The number of aromatic nitrogens is 1. The van der Waals surface area contributed by atoms with Gasteiger partial charge in [-0.15, -0.1) is 0 Å². The molecule has 0 aromatic carbocycles. The van der Waals surface area contributed by atoms with E-state index in [0.717, 1.165) is 44.6 Å². The summed E-state index contributed by atoms with van der Waals surface area (Å²) < 4.78 is 0. The van der Waals surface area contributed by atoms with E-state index in [1.165, 1.54) is 0 Å². The number of hydrogen-bond donors (Lipinski definition) is 2. The number of aromatic hydroxyl groups is 1. The Hall–Kier alpha value is -1.78. The van der Waals surface area contributed by atoms with Gasteiger partial charge in [-0.1, -0.05) is 0 Å². The van der Waals surface area contributed by atoms with E-state index in [2.05, 4.69) is 4.98 Å². The van der Waals surface area contributed by atoms with Crippen molar-refractivity contribution in [2.24, 2.45) is 0 Å². The van der Waals surface area contributed by atoms with Crippen LogP contribution in [0.1, 0.15) is 29.8 Å². The van der Waals surface area contributed by atoms with Crippen LogP contribution in [0, 0.1) is 0 Å². The first-order valence-electron chi connectivity index (χ1n) is 5.39. The van der Waals surface area contributed by atoms with Gasteiger partial charge in [0.05, 0.1) is 0 Å². The summed E-state index contributed by atoms with van der Waals surface area (Å²) in [6.45, 7) is 1.48. The third kappa shape index (κ3) is 2.08. The summed E-state index contributed by atoms with van der Waals surface area (Å²) in [7, 11) is 0. The standard InChI is InChI=1S/C11H14N2O3/c14-9-6-8(12-7-10(9)15)11(16)13-4-2-1-3-5-13/h6-7,15H,1-5H2,(H,12,14). The summed E-state index contributed by atoms with van der Waals surface area (Å²) in [5.41, 5.74) is -0.288. The molecule has 0 unspecified atom stereocenters. The highest BCUT2D eigenvalue weighted by Crippen LogP contribution is 2.11. The summed E-state index contributed by atoms with van der Waals surface area (Å²) in [6.07, 6.45) is 4.32. The van der Waals surface area contributed by atoms with Gasteiger partial charge in [-0.05, 0) is 19.3 Å². The van der Waals surface area contributed by atoms with Gasteiger partial charge in [-0.25, -0.2) is 0 Å². The average molecular weight is 222 g/mol. The van der Waals surface area contributed by atoms with E-state index in [1.54, 1.807) is 4.90 Å². The molecular weight excluding hydrogens is 208 g/mol. The molecule has 2 heterocycles. The third-order valence-electron chi connectivity index (χ3n) is 2.77. The van der Waals surface area contributed by atoms with Crippen LogP contribution in [0.5, 0.6) is 5.75 Å². The van der Waals surface area contributed by atoms with Gasteiger partial charge in [0.2, 0.25) is 5.43 Å². The Kier molecular flexibility index (Phi) is 2.94. The number of carbonyl (C=O) groups is 1. The fraction of sp³-hybridized carbons (Fsp3) is 0.455. The molecule has 1 aromatic rings. The van der Waals surface area contributed by atoms with Crippen LogP contribution < -0.4 is 5.43 Å². The Morgan fingerprint density at radius 1 is 1.31 bits per heavy atom. The van der Waals surface area contributed by atoms with Crippen LogP contribution in [-0.2, 0) is 0 Å². The highest BCUT2D eigenvalue weighted by molar-refractivity contribution is 5.92. The van der Waals surface area contributed by atoms with Crippen molar-refractivity contribution >= 4 is 5.91 Å². The van der Waals surface area contributed by atoms with Crippen molar-refractivity contribution in [2.75, 3.05) is 13.1 Å². The van der Waals surface area contributed by atoms with Crippen LogP contribution in [0.25, 0.3) is 0 Å². The maximum atomic E-state index is 11.9. The molecule has 0 spiro atoms. The van der Waals surface area contributed by atoms with Gasteiger partial charge in [0, 0.05) is 25.4 Å². The maximum Gasteiger partial charge on any atom is 0.270 e. The number of hydrogen-bond acceptors (Lipinski definition) is 3. The number of carbonyl (C=O) groups excluding carboxylic acids is 1. The van der Waals surface area contributed by atoms with E-state index in [0.29, 0.717) is 0 Å². The van der Waals surface area contributed by atoms with Crippen molar-refractivity contribution < 1.29 is 9.90 Å². The van der Waals surface area contributed by atoms with Crippen LogP contribution in [0.3, 0.4) is 0 Å². The lowest BCUT2D eigenvalue weighted by atomic mass is 10.1. The topological polar surface area (TPSA) is 73.4 Å². The number of rotatable bonds is 1. The molecule has 0 radical (unpaired) electrons. The lowest BCUT2D eigenvalue weighted by Crippen LogP contribution is -2.36. The number of aromatic amines is 1. The lowest BCUT2D eigenvalue weighted by molar-refractivity contribution is 0.0718. The van der Waals surface area contributed by atoms with E-state index in [1.807, 2.05) is 0 Å². The first kappa shape index (κ1) is 10.7. The van der Waals surface area contributed by atoms with Gasteiger partial charge >= 0.3 is 0 Å². The molecule has 5 heteroatoms. The SMILES string of the molecule is O=C(c1cc(=O)c(O)c[nH]1)N1CCCCC1. The number of nitrogens with zero attached hydrogens (tertiary/aromatic N) is 1. The van der Waals surface area contributed by atoms with Crippen molar-refractivity contribution in [3.63, 3.8) is 0 Å². The largest absolute Gasteiger partial charge is 0.503 e. The molecule has 86 valence electrons. The van der Waals surface area contributed by atoms with Crippen LogP contribution in [0.4, 0.5) is 0 Å². The fourth-order valence-corrected chi connectivity index (χ4v) is 1.85. The molecule has 0 bridgehead atoms. The molecule has 0 aliphatic carbocycles. The fourth-order valence-electron chi connectivity index (χ4n) is 1.85. The Bertz CT molecular complexity index is 447. The van der Waals surface area contributed by atoms with Gasteiger partial charge in [-0.2, -0.15) is 0 Å². The summed E-state index contributed by atoms with van der Waals surface area (Å²) >= 11 is 0. The zero-order valence-electron chi connectivity index (χ0n) is 8.90. The Labute approximate surface area is 92.7 Å². The molecule has 0 saturated carbocycles. The van der Waals surface area contributed by atoms with Crippen molar-refractivity contribution in [1.82, 2.24) is 9.88 Å². The zero-order chi connectivity index (χ0) is 11.5. The zero-order valence-corrected chi connectivity index (χ0v) is 8.90. The van der Waals surface area contributed by atoms with Crippen LogP contribution in [0.2, 0.25) is 0 Å². The number of piperidine rings is 1. The number of pyridine rings is 1. The second-order valence-corrected chi connectivity index (χ2v) is 3.95. The summed E-state index contributed by atoms with van der Waals surface area (Å²) in [4.78, 5) is 27.5. The second-order valence-electron chi connectivity index (χ2n) is 3.95. The van der Waals surface area contributed by atoms with Gasteiger partial charge in [0.25, 0.3) is 5.91 Å². The predicted molar refractivity (Wildman–Crippen MR) is 58.5 cm³/mol. The number of nitrogens with one attached hydrogen (secondary N) is 1. The van der Waals surface area contributed by atoms with E-state index in [9.17, 15) is 9.59 Å². The molecule has 1 fully saturated rings. The second kappa shape index (κ2) is 4.38. The Balaban J connectivity index is 2.19. The van der Waals surface area contributed by atoms with Gasteiger partial charge < -0.3 is 15.0 Å². The monoisotopic (exact) mass is 222 g/mol. The smallest absolute Gasteiger partial charge is 0.270 e. The van der Waals surface area contributed by atoms with E-state index < -0.39 is 5.43 Å². The number of amides is 1. The quantitative estimate of drug-likeness (QED) is 0.734. The number of likely N-dealkylation sites (tertiary alicyclic amines) is 1. The normalized spacial score (nSPS) is 16.1. The van der Waals surface area contributed by atoms with Crippen LogP contribution >= 0.6 is 0 Å². The molecule has 1 aromatic heterocycles. The van der Waals surface area contributed by atoms with Gasteiger partial charge in [0.15, 0.2) is 5.75 Å². The molecule has 2 N–H and O–H groups in total. The lowest BCUT2D eigenvalue weighted by Gasteiger charge is -2.26. The summed E-state index contributed by atoms with van der Waals surface area (Å²) in [5.74, 6) is -0.535. The maximum absolute atomic E-state index is 11.9. The molecule has 1 amide bonds. The molecule has 1 aliphatic rings. The highest BCUT2D eigenvalue weighted by Gasteiger charge is 2.19. The first-order valence-corrected chi connectivity index (χ1v) is 5.39. The minimum atomic E-state index is -0.529.